The number of carbonyl (C=O) groups excluding carboxylic acids is 1. The van der Waals surface area contributed by atoms with Crippen molar-refractivity contribution in [1.82, 2.24) is 24.8 Å². The van der Waals surface area contributed by atoms with Crippen LogP contribution >= 0.6 is 23.1 Å². The van der Waals surface area contributed by atoms with E-state index in [1.165, 1.54) is 35.2 Å². The predicted octanol–water partition coefficient (Wildman–Crippen LogP) is 4.64. The fourth-order valence-corrected chi connectivity index (χ4v) is 5.49. The molecule has 5 rings (SSSR count). The third-order valence-electron chi connectivity index (χ3n) is 4.98. The molecular weight excluding hydrogens is 475 g/mol. The Morgan fingerprint density at radius 2 is 1.85 bits per heavy atom. The maximum Gasteiger partial charge on any atom is 0.217 e. The van der Waals surface area contributed by atoms with Crippen LogP contribution in [-0.2, 0) is 0 Å². The third kappa shape index (κ3) is 4.19. The van der Waals surface area contributed by atoms with Gasteiger partial charge in [0.1, 0.15) is 11.9 Å². The molecule has 0 radical (unpaired) electrons. The summed E-state index contributed by atoms with van der Waals surface area (Å²) in [7, 11) is 0. The van der Waals surface area contributed by atoms with E-state index in [0.29, 0.717) is 27.1 Å². The molecule has 0 saturated heterocycles. The number of anilines is 1. The summed E-state index contributed by atoms with van der Waals surface area (Å²) in [4.78, 5) is 18.2. The monoisotopic (exact) mass is 493 g/mol. The first-order valence-electron chi connectivity index (χ1n) is 10.3. The number of rotatable bonds is 4. The molecule has 1 amide bonds. The molecule has 0 fully saturated rings. The first kappa shape index (κ1) is 22.2. The minimum absolute atomic E-state index is 0.308. The van der Waals surface area contributed by atoms with E-state index in [1.807, 2.05) is 30.3 Å². The summed E-state index contributed by atoms with van der Waals surface area (Å²) in [5.74, 6) is -0.308. The molecule has 0 saturated carbocycles. The molecule has 8 nitrogen and oxygen atoms in total. The maximum absolute atomic E-state index is 13.3. The van der Waals surface area contributed by atoms with Gasteiger partial charge in [-0.1, -0.05) is 11.3 Å². The average Bonchev–Trinajstić information content (AvgIpc) is 3.36. The summed E-state index contributed by atoms with van der Waals surface area (Å²) in [6, 6.07) is 15.4. The van der Waals surface area contributed by atoms with Gasteiger partial charge in [-0.25, -0.2) is 9.37 Å². The van der Waals surface area contributed by atoms with Gasteiger partial charge >= 0.3 is 0 Å². The van der Waals surface area contributed by atoms with E-state index in [0.717, 1.165) is 20.1 Å². The van der Waals surface area contributed by atoms with E-state index in [4.69, 9.17) is 0 Å². The number of hydrogen-bond donors (Lipinski definition) is 0. The second kappa shape index (κ2) is 8.33. The van der Waals surface area contributed by atoms with Gasteiger partial charge in [0.2, 0.25) is 5.16 Å². The lowest BCUT2D eigenvalue weighted by atomic mass is 10.1. The van der Waals surface area contributed by atoms with Crippen molar-refractivity contribution in [3.8, 4) is 11.3 Å². The molecule has 0 bridgehead atoms. The van der Waals surface area contributed by atoms with Gasteiger partial charge in [-0.2, -0.15) is 9.61 Å². The summed E-state index contributed by atoms with van der Waals surface area (Å²) in [6.45, 7) is 5.37. The molecule has 172 valence electrons. The molecule has 0 N–H and O–H groups in total. The molecule has 3 aromatic heterocycles. The minimum atomic E-state index is -1.29. The number of carbonyl (C=O) groups is 1. The molecule has 0 aliphatic heterocycles. The second-order valence-electron chi connectivity index (χ2n) is 8.48. The van der Waals surface area contributed by atoms with Crippen molar-refractivity contribution in [2.75, 3.05) is 4.90 Å². The lowest BCUT2D eigenvalue weighted by Gasteiger charge is -2.35. The van der Waals surface area contributed by atoms with Crippen LogP contribution in [0.1, 0.15) is 20.8 Å². The van der Waals surface area contributed by atoms with Crippen molar-refractivity contribution < 1.29 is 14.3 Å². The highest BCUT2D eigenvalue weighted by molar-refractivity contribution is 7.99. The van der Waals surface area contributed by atoms with Crippen molar-refractivity contribution in [3.05, 3.63) is 60.4 Å². The van der Waals surface area contributed by atoms with Crippen LogP contribution in [0, 0.1) is 5.82 Å². The molecule has 0 spiro atoms. The number of carboxylic acid groups (broad SMARTS) is 1. The summed E-state index contributed by atoms with van der Waals surface area (Å²) in [6.07, 6.45) is -1.29. The van der Waals surface area contributed by atoms with E-state index >= 15 is 0 Å². The van der Waals surface area contributed by atoms with Crippen LogP contribution in [-0.4, -0.2) is 36.4 Å². The summed E-state index contributed by atoms with van der Waals surface area (Å²) in [5.41, 5.74) is 2.05. The highest BCUT2D eigenvalue weighted by Gasteiger charge is 2.26. The van der Waals surface area contributed by atoms with E-state index in [2.05, 4.69) is 20.3 Å². The van der Waals surface area contributed by atoms with E-state index in [1.54, 1.807) is 37.4 Å². The van der Waals surface area contributed by atoms with Gasteiger partial charge in [0, 0.05) is 16.0 Å². The lowest BCUT2D eigenvalue weighted by Crippen LogP contribution is -2.52. The van der Waals surface area contributed by atoms with Crippen LogP contribution in [0.3, 0.4) is 0 Å². The number of fused-ring (bicyclic) bond motifs is 2. The SMILES string of the molecule is CC(C)(C)N(C(=O)[O-])c1nc2ccc(Sc3nnc4ccc(-c5ccc(F)cc5)nn34)cc2s1. The van der Waals surface area contributed by atoms with E-state index in [9.17, 15) is 14.3 Å². The van der Waals surface area contributed by atoms with Crippen LogP contribution in [0.4, 0.5) is 14.3 Å². The van der Waals surface area contributed by atoms with Crippen LogP contribution in [0.25, 0.3) is 27.1 Å². The Kier molecular flexibility index (Phi) is 5.45. The van der Waals surface area contributed by atoms with Gasteiger partial charge in [0.05, 0.1) is 15.9 Å². The van der Waals surface area contributed by atoms with E-state index < -0.39 is 11.6 Å². The van der Waals surface area contributed by atoms with Gasteiger partial charge in [-0.15, -0.1) is 10.2 Å². The molecule has 34 heavy (non-hydrogen) atoms. The lowest BCUT2D eigenvalue weighted by molar-refractivity contribution is -0.247. The Bertz CT molecular complexity index is 1520. The Morgan fingerprint density at radius 1 is 1.09 bits per heavy atom. The number of halogens is 1. The average molecular weight is 494 g/mol. The van der Waals surface area contributed by atoms with Crippen molar-refractivity contribution >= 4 is 50.2 Å². The Hall–Kier alpha value is -3.57. The number of aromatic nitrogens is 5. The largest absolute Gasteiger partial charge is 0.530 e. The molecule has 3 heterocycles. The first-order valence-corrected chi connectivity index (χ1v) is 11.9. The molecule has 2 aromatic carbocycles. The second-order valence-corrected chi connectivity index (χ2v) is 10.5. The van der Waals surface area contributed by atoms with Crippen LogP contribution in [0.2, 0.25) is 0 Å². The highest BCUT2D eigenvalue weighted by Crippen LogP contribution is 2.36. The Balaban J connectivity index is 1.48. The summed E-state index contributed by atoms with van der Waals surface area (Å²) >= 11 is 2.66. The zero-order valence-corrected chi connectivity index (χ0v) is 20.0. The van der Waals surface area contributed by atoms with Crippen molar-refractivity contribution in [2.24, 2.45) is 0 Å². The van der Waals surface area contributed by atoms with E-state index in [-0.39, 0.29) is 5.82 Å². The normalized spacial score (nSPS) is 11.9. The van der Waals surface area contributed by atoms with Gasteiger partial charge in [0.25, 0.3) is 0 Å². The molecule has 0 atom stereocenters. The molecule has 0 aliphatic rings. The first-order chi connectivity index (χ1) is 16.2. The predicted molar refractivity (Wildman–Crippen MR) is 128 cm³/mol. The van der Waals surface area contributed by atoms with Gasteiger partial charge in [0.15, 0.2) is 10.8 Å². The standard InChI is InChI=1S/C23H19FN6O2S2/c1-23(2,3)29(22(31)32)20-25-17-9-8-15(12-18(17)34-20)33-21-27-26-19-11-10-16(28-30(19)21)13-4-6-14(24)7-5-13/h4-12H,1-3H3,(H,31,32)/p-1. The molecule has 0 unspecified atom stereocenters. The molecule has 5 aromatic rings. The fraction of sp³-hybridized carbons (Fsp3) is 0.174. The summed E-state index contributed by atoms with van der Waals surface area (Å²) in [5, 5.41) is 25.7. The Labute approximate surface area is 202 Å². The van der Waals surface area contributed by atoms with Crippen molar-refractivity contribution in [1.29, 1.82) is 0 Å². The summed E-state index contributed by atoms with van der Waals surface area (Å²) < 4.78 is 15.8. The number of hydrogen-bond acceptors (Lipinski definition) is 8. The Morgan fingerprint density at radius 3 is 2.56 bits per heavy atom. The highest BCUT2D eigenvalue weighted by atomic mass is 32.2. The smallest absolute Gasteiger partial charge is 0.217 e. The molecular formula is C23H18FN6O2S2-. The topological polar surface area (TPSA) is 99.3 Å². The maximum atomic E-state index is 13.3. The van der Waals surface area contributed by atoms with Crippen LogP contribution < -0.4 is 10.0 Å². The number of thiazole rings is 1. The van der Waals surface area contributed by atoms with Crippen LogP contribution in [0.15, 0.2) is 64.6 Å². The zero-order chi connectivity index (χ0) is 24.0. The molecule has 11 heteroatoms. The van der Waals surface area contributed by atoms with Crippen LogP contribution in [0.5, 0.6) is 0 Å². The number of amides is 1. The van der Waals surface area contributed by atoms with Gasteiger partial charge in [-0.3, -0.25) is 4.90 Å². The fourth-order valence-electron chi connectivity index (χ4n) is 3.40. The minimum Gasteiger partial charge on any atom is -0.530 e. The van der Waals surface area contributed by atoms with Gasteiger partial charge < -0.3 is 9.90 Å². The zero-order valence-electron chi connectivity index (χ0n) is 18.4. The number of benzene rings is 2. The van der Waals surface area contributed by atoms with Crippen molar-refractivity contribution in [2.45, 2.75) is 36.4 Å². The number of nitrogens with zero attached hydrogens (tertiary/aromatic N) is 6. The third-order valence-corrected chi connectivity index (χ3v) is 6.91. The molecule has 0 aliphatic carbocycles. The van der Waals surface area contributed by atoms with Crippen molar-refractivity contribution in [3.63, 3.8) is 0 Å². The quantitative estimate of drug-likeness (QED) is 0.360. The van der Waals surface area contributed by atoms with Gasteiger partial charge in [-0.05, 0) is 87.1 Å².